The lowest BCUT2D eigenvalue weighted by Crippen LogP contribution is -2.29. The predicted molar refractivity (Wildman–Crippen MR) is 83.8 cm³/mol. The van der Waals surface area contributed by atoms with Gasteiger partial charge in [0, 0.05) is 21.7 Å². The molecule has 0 amide bonds. The fourth-order valence-corrected chi connectivity index (χ4v) is 4.27. The van der Waals surface area contributed by atoms with E-state index >= 15 is 0 Å². The van der Waals surface area contributed by atoms with Crippen LogP contribution in [0.3, 0.4) is 0 Å². The second-order valence-corrected chi connectivity index (χ2v) is 14.0. The van der Waals surface area contributed by atoms with Gasteiger partial charge in [0.05, 0.1) is 4.90 Å². The number of rotatable bonds is 6. The van der Waals surface area contributed by atoms with Gasteiger partial charge in [-0.2, -0.15) is 0 Å². The van der Waals surface area contributed by atoms with Gasteiger partial charge in [-0.3, -0.25) is 0 Å². The number of nitrogens with zero attached hydrogens (tertiary/aromatic N) is 1. The van der Waals surface area contributed by atoms with Gasteiger partial charge in [-0.1, -0.05) is 43.4 Å². The van der Waals surface area contributed by atoms with Gasteiger partial charge in [0.2, 0.25) is 10.0 Å². The lowest BCUT2D eigenvalue weighted by atomic mass is 10.2. The van der Waals surface area contributed by atoms with Crippen molar-refractivity contribution in [2.24, 2.45) is 0 Å². The van der Waals surface area contributed by atoms with Crippen molar-refractivity contribution < 1.29 is 8.42 Å². The van der Waals surface area contributed by atoms with Crippen molar-refractivity contribution in [3.63, 3.8) is 0 Å². The maximum Gasteiger partial charge on any atom is 0.242 e. The van der Waals surface area contributed by atoms with E-state index in [1.807, 2.05) is 19.1 Å². The van der Waals surface area contributed by atoms with Crippen LogP contribution < -0.4 is 0 Å². The summed E-state index contributed by atoms with van der Waals surface area (Å²) in [5.74, 6) is 0. The third-order valence-electron chi connectivity index (χ3n) is 3.13. The minimum atomic E-state index is -3.32. The molecule has 0 fully saturated rings. The minimum absolute atomic E-state index is 0.383. The molecule has 0 saturated carbocycles. The molecule has 0 atom stereocenters. The Kier molecular flexibility index (Phi) is 5.35. The van der Waals surface area contributed by atoms with Crippen molar-refractivity contribution in [3.8, 4) is 0 Å². The van der Waals surface area contributed by atoms with E-state index in [4.69, 9.17) is 0 Å². The molecule has 0 saturated heterocycles. The molecule has 1 aromatic carbocycles. The van der Waals surface area contributed by atoms with Crippen molar-refractivity contribution in [3.05, 3.63) is 29.8 Å². The Labute approximate surface area is 118 Å². The lowest BCUT2D eigenvalue weighted by molar-refractivity contribution is 0.467. The monoisotopic (exact) mass is 299 g/mol. The molecule has 0 aromatic heterocycles. The first-order valence-electron chi connectivity index (χ1n) is 6.66. The van der Waals surface area contributed by atoms with E-state index in [1.165, 1.54) is 4.31 Å². The van der Waals surface area contributed by atoms with E-state index < -0.39 is 18.1 Å². The SMILES string of the molecule is Cc1ccc(S(=O)(=O)N(C)CCC[Si](C)(C)C)cc1. The Morgan fingerprint density at radius 3 is 2.11 bits per heavy atom. The summed E-state index contributed by atoms with van der Waals surface area (Å²) in [5, 5.41) is 0. The molecule has 0 aliphatic carbocycles. The van der Waals surface area contributed by atoms with E-state index in [2.05, 4.69) is 19.6 Å². The Morgan fingerprint density at radius 1 is 1.11 bits per heavy atom. The molecule has 0 bridgehead atoms. The summed E-state index contributed by atoms with van der Waals surface area (Å²) in [5.41, 5.74) is 1.07. The van der Waals surface area contributed by atoms with Gasteiger partial charge in [-0.25, -0.2) is 12.7 Å². The van der Waals surface area contributed by atoms with Crippen LogP contribution in [0.2, 0.25) is 25.7 Å². The maximum atomic E-state index is 12.3. The molecule has 0 N–H and O–H groups in total. The second-order valence-electron chi connectivity index (χ2n) is 6.30. The highest BCUT2D eigenvalue weighted by molar-refractivity contribution is 7.89. The number of sulfonamides is 1. The smallest absolute Gasteiger partial charge is 0.207 e. The van der Waals surface area contributed by atoms with Crippen LogP contribution in [0.4, 0.5) is 0 Å². The van der Waals surface area contributed by atoms with Gasteiger partial charge in [0.25, 0.3) is 0 Å². The molecule has 108 valence electrons. The average molecular weight is 300 g/mol. The van der Waals surface area contributed by atoms with Crippen LogP contribution in [-0.2, 0) is 10.0 Å². The molecule has 5 heteroatoms. The highest BCUT2D eigenvalue weighted by Gasteiger charge is 2.21. The lowest BCUT2D eigenvalue weighted by Gasteiger charge is -2.20. The second kappa shape index (κ2) is 6.20. The summed E-state index contributed by atoms with van der Waals surface area (Å²) in [7, 11) is -2.75. The zero-order chi connectivity index (χ0) is 14.7. The van der Waals surface area contributed by atoms with E-state index in [0.29, 0.717) is 11.4 Å². The van der Waals surface area contributed by atoms with Gasteiger partial charge in [-0.15, -0.1) is 0 Å². The van der Waals surface area contributed by atoms with Crippen molar-refractivity contribution >= 4 is 18.1 Å². The molecule has 0 unspecified atom stereocenters. The molecule has 19 heavy (non-hydrogen) atoms. The zero-order valence-corrected chi connectivity index (χ0v) is 14.4. The number of benzene rings is 1. The minimum Gasteiger partial charge on any atom is -0.207 e. The van der Waals surface area contributed by atoms with Gasteiger partial charge >= 0.3 is 0 Å². The summed E-state index contributed by atoms with van der Waals surface area (Å²) in [6.07, 6.45) is 0.942. The molecule has 1 aromatic rings. The molecule has 0 heterocycles. The fourth-order valence-electron chi connectivity index (χ4n) is 1.84. The van der Waals surface area contributed by atoms with E-state index in [-0.39, 0.29) is 0 Å². The summed E-state index contributed by atoms with van der Waals surface area (Å²) in [6, 6.07) is 8.19. The molecule has 3 nitrogen and oxygen atoms in total. The normalized spacial score (nSPS) is 12.9. The van der Waals surface area contributed by atoms with Gasteiger partial charge < -0.3 is 0 Å². The Morgan fingerprint density at radius 2 is 1.63 bits per heavy atom. The Bertz CT molecular complexity index is 503. The van der Waals surface area contributed by atoms with Crippen LogP contribution in [0.1, 0.15) is 12.0 Å². The molecule has 0 radical (unpaired) electrons. The average Bonchev–Trinajstić information content (AvgIpc) is 2.27. The van der Waals surface area contributed by atoms with Crippen LogP contribution in [0.25, 0.3) is 0 Å². The first-order chi connectivity index (χ1) is 8.63. The van der Waals surface area contributed by atoms with E-state index in [1.54, 1.807) is 19.2 Å². The maximum absolute atomic E-state index is 12.3. The summed E-state index contributed by atoms with van der Waals surface area (Å²) in [4.78, 5) is 0.383. The number of hydrogen-bond acceptors (Lipinski definition) is 2. The van der Waals surface area contributed by atoms with Crippen molar-refractivity contribution in [2.75, 3.05) is 13.6 Å². The van der Waals surface area contributed by atoms with Crippen LogP contribution in [-0.4, -0.2) is 34.4 Å². The largest absolute Gasteiger partial charge is 0.242 e. The van der Waals surface area contributed by atoms with Gasteiger partial charge in [0.1, 0.15) is 0 Å². The quantitative estimate of drug-likeness (QED) is 0.756. The summed E-state index contributed by atoms with van der Waals surface area (Å²) in [6.45, 7) is 9.47. The van der Waals surface area contributed by atoms with Crippen LogP contribution in [0.15, 0.2) is 29.2 Å². The third-order valence-corrected chi connectivity index (χ3v) is 6.85. The molecule has 0 spiro atoms. The Balaban J connectivity index is 2.69. The van der Waals surface area contributed by atoms with E-state index in [0.717, 1.165) is 18.0 Å². The van der Waals surface area contributed by atoms with Crippen molar-refractivity contribution in [2.45, 2.75) is 43.9 Å². The highest BCUT2D eigenvalue weighted by atomic mass is 32.2. The third kappa shape index (κ3) is 5.08. The van der Waals surface area contributed by atoms with Crippen LogP contribution in [0, 0.1) is 6.92 Å². The first-order valence-corrected chi connectivity index (χ1v) is 11.8. The predicted octanol–water partition coefficient (Wildman–Crippen LogP) is 3.34. The molecular weight excluding hydrogens is 274 g/mol. The van der Waals surface area contributed by atoms with E-state index in [9.17, 15) is 8.42 Å². The first kappa shape index (κ1) is 16.4. The molecule has 1 rings (SSSR count). The molecule has 0 aliphatic heterocycles. The fraction of sp³-hybridized carbons (Fsp3) is 0.571. The number of aryl methyl sites for hydroxylation is 1. The summed E-state index contributed by atoms with van der Waals surface area (Å²) < 4.78 is 26.1. The number of hydrogen-bond donors (Lipinski definition) is 0. The van der Waals surface area contributed by atoms with Crippen molar-refractivity contribution in [1.82, 2.24) is 4.31 Å². The highest BCUT2D eigenvalue weighted by Crippen LogP contribution is 2.17. The van der Waals surface area contributed by atoms with Gasteiger partial charge in [0.15, 0.2) is 0 Å². The molecular formula is C14H25NO2SSi. The van der Waals surface area contributed by atoms with Crippen LogP contribution in [0.5, 0.6) is 0 Å². The van der Waals surface area contributed by atoms with Gasteiger partial charge in [-0.05, 0) is 25.5 Å². The standard InChI is InChI=1S/C14H25NO2SSi/c1-13-7-9-14(10-8-13)18(16,17)15(2)11-6-12-19(3,4)5/h7-10H,6,11-12H2,1-5H3. The molecule has 0 aliphatic rings. The Hall–Kier alpha value is -0.653. The zero-order valence-electron chi connectivity index (χ0n) is 12.6. The summed E-state index contributed by atoms with van der Waals surface area (Å²) >= 11 is 0. The van der Waals surface area contributed by atoms with Crippen LogP contribution >= 0.6 is 0 Å². The topological polar surface area (TPSA) is 37.4 Å². The van der Waals surface area contributed by atoms with Crippen molar-refractivity contribution in [1.29, 1.82) is 0 Å².